The predicted octanol–water partition coefficient (Wildman–Crippen LogP) is 1.81. The van der Waals surface area contributed by atoms with Crippen LogP contribution in [-0.2, 0) is 14.8 Å². The van der Waals surface area contributed by atoms with E-state index < -0.39 is 27.9 Å². The largest absolute Gasteiger partial charge is 0.480 e. The smallest absolute Gasteiger partial charge is 0.322 e. The monoisotopic (exact) mass is 313 g/mol. The van der Waals surface area contributed by atoms with E-state index in [-0.39, 0.29) is 23.6 Å². The molecular weight excluding hydrogens is 301 g/mol. The molecule has 1 aromatic heterocycles. The fourth-order valence-electron chi connectivity index (χ4n) is 2.51. The Morgan fingerprint density at radius 3 is 2.86 bits per heavy atom. The number of carboxylic acids is 1. The molecule has 1 unspecified atom stereocenters. The maximum Gasteiger partial charge on any atom is 0.322 e. The summed E-state index contributed by atoms with van der Waals surface area (Å²) in [5, 5.41) is 9.04. The molecule has 1 fully saturated rings. The van der Waals surface area contributed by atoms with Crippen molar-refractivity contribution in [2.45, 2.75) is 24.0 Å². The topological polar surface area (TPSA) is 87.8 Å². The summed E-state index contributed by atoms with van der Waals surface area (Å²) in [4.78, 5) is 11.1. The number of aliphatic carboxylic acids is 1. The van der Waals surface area contributed by atoms with E-state index in [0.717, 1.165) is 16.4 Å². The molecule has 0 aliphatic carbocycles. The molecule has 0 amide bonds. The lowest BCUT2D eigenvalue weighted by molar-refractivity contribution is -0.140. The normalized spacial score (nSPS) is 20.1. The first-order valence-electron chi connectivity index (χ1n) is 6.33. The zero-order valence-electron chi connectivity index (χ0n) is 10.8. The predicted molar refractivity (Wildman–Crippen MR) is 70.7 cm³/mol. The van der Waals surface area contributed by atoms with Gasteiger partial charge < -0.3 is 9.52 Å². The number of nitrogens with zero attached hydrogens (tertiary/aromatic N) is 1. The third-order valence-electron chi connectivity index (χ3n) is 3.51. The van der Waals surface area contributed by atoms with Crippen LogP contribution in [0.1, 0.15) is 12.8 Å². The van der Waals surface area contributed by atoms with Crippen LogP contribution in [0, 0.1) is 5.82 Å². The van der Waals surface area contributed by atoms with E-state index in [0.29, 0.717) is 11.8 Å². The van der Waals surface area contributed by atoms with Gasteiger partial charge in [0.15, 0.2) is 0 Å². The molecule has 0 radical (unpaired) electrons. The Morgan fingerprint density at radius 1 is 1.38 bits per heavy atom. The lowest BCUT2D eigenvalue weighted by Gasteiger charge is -2.19. The zero-order chi connectivity index (χ0) is 15.2. The summed E-state index contributed by atoms with van der Waals surface area (Å²) < 4.78 is 44.2. The van der Waals surface area contributed by atoms with Gasteiger partial charge in [-0.05, 0) is 31.0 Å². The summed E-state index contributed by atoms with van der Waals surface area (Å²) in [7, 11) is -4.04. The van der Waals surface area contributed by atoms with E-state index in [2.05, 4.69) is 0 Å². The van der Waals surface area contributed by atoms with Crippen LogP contribution >= 0.6 is 0 Å². The minimum absolute atomic E-state index is 0.130. The molecule has 1 aliphatic heterocycles. The van der Waals surface area contributed by atoms with Crippen LogP contribution in [-0.4, -0.2) is 36.4 Å². The highest BCUT2D eigenvalue weighted by Gasteiger charge is 2.41. The molecule has 2 aromatic rings. The quantitative estimate of drug-likeness (QED) is 0.933. The summed E-state index contributed by atoms with van der Waals surface area (Å²) in [6.07, 6.45) is 0.745. The fourth-order valence-corrected chi connectivity index (χ4v) is 4.11. The number of hydrogen-bond donors (Lipinski definition) is 1. The van der Waals surface area contributed by atoms with Gasteiger partial charge in [0.2, 0.25) is 5.09 Å². The van der Waals surface area contributed by atoms with Crippen molar-refractivity contribution >= 4 is 27.0 Å². The van der Waals surface area contributed by atoms with Crippen LogP contribution in [0.4, 0.5) is 4.39 Å². The van der Waals surface area contributed by atoms with Gasteiger partial charge in [-0.3, -0.25) is 4.79 Å². The number of sulfonamides is 1. The van der Waals surface area contributed by atoms with E-state index in [1.165, 1.54) is 12.1 Å². The average Bonchev–Trinajstić information content (AvgIpc) is 3.04. The molecule has 3 rings (SSSR count). The molecule has 1 saturated heterocycles. The molecule has 0 spiro atoms. The first kappa shape index (κ1) is 14.0. The number of furan rings is 1. The van der Waals surface area contributed by atoms with Crippen LogP contribution in [0.5, 0.6) is 0 Å². The third-order valence-corrected chi connectivity index (χ3v) is 5.27. The SMILES string of the molecule is O=C(O)C1CCCN1S(=O)(=O)c1cc2cc(F)ccc2o1. The van der Waals surface area contributed by atoms with Gasteiger partial charge in [-0.15, -0.1) is 0 Å². The molecule has 6 nitrogen and oxygen atoms in total. The summed E-state index contributed by atoms with van der Waals surface area (Å²) in [5.74, 6) is -1.69. The maximum absolute atomic E-state index is 13.1. The Kier molecular flexibility index (Phi) is 3.22. The standard InChI is InChI=1S/C13H12FNO5S/c14-9-3-4-11-8(6-9)7-12(20-11)21(18,19)15-5-1-2-10(15)13(16)17/h3-4,6-7,10H,1-2,5H2,(H,16,17). The Balaban J connectivity index is 2.05. The van der Waals surface area contributed by atoms with E-state index in [1.807, 2.05) is 0 Å². The van der Waals surface area contributed by atoms with Crippen LogP contribution in [0.25, 0.3) is 11.0 Å². The first-order chi connectivity index (χ1) is 9.89. The second-order valence-corrected chi connectivity index (χ2v) is 6.68. The molecule has 1 aliphatic rings. The Morgan fingerprint density at radius 2 is 2.14 bits per heavy atom. The fraction of sp³-hybridized carbons (Fsp3) is 0.308. The summed E-state index contributed by atoms with van der Waals surface area (Å²) >= 11 is 0. The van der Waals surface area contributed by atoms with Gasteiger partial charge in [-0.25, -0.2) is 12.8 Å². The molecule has 8 heteroatoms. The number of hydrogen-bond acceptors (Lipinski definition) is 4. The van der Waals surface area contributed by atoms with Crippen molar-refractivity contribution < 1.29 is 27.1 Å². The van der Waals surface area contributed by atoms with Crippen LogP contribution in [0.3, 0.4) is 0 Å². The van der Waals surface area contributed by atoms with Gasteiger partial charge in [0.05, 0.1) is 0 Å². The summed E-state index contributed by atoms with van der Waals surface area (Å²) in [6.45, 7) is 0.130. The van der Waals surface area contributed by atoms with Crippen molar-refractivity contribution in [2.75, 3.05) is 6.54 Å². The molecule has 1 aromatic carbocycles. The Labute approximate surface area is 119 Å². The van der Waals surface area contributed by atoms with Crippen molar-refractivity contribution in [1.82, 2.24) is 4.31 Å². The molecular formula is C13H12FNO5S. The second-order valence-electron chi connectivity index (χ2n) is 4.86. The first-order valence-corrected chi connectivity index (χ1v) is 7.77. The van der Waals surface area contributed by atoms with E-state index in [1.54, 1.807) is 0 Å². The van der Waals surface area contributed by atoms with Gasteiger partial charge in [0.25, 0.3) is 10.0 Å². The average molecular weight is 313 g/mol. The molecule has 0 bridgehead atoms. The van der Waals surface area contributed by atoms with Crippen molar-refractivity contribution in [3.8, 4) is 0 Å². The minimum atomic E-state index is -4.04. The minimum Gasteiger partial charge on any atom is -0.480 e. The van der Waals surface area contributed by atoms with E-state index in [4.69, 9.17) is 9.52 Å². The number of halogens is 1. The maximum atomic E-state index is 13.1. The number of fused-ring (bicyclic) bond motifs is 1. The van der Waals surface area contributed by atoms with Gasteiger partial charge in [-0.1, -0.05) is 0 Å². The van der Waals surface area contributed by atoms with Gasteiger partial charge in [0.1, 0.15) is 17.4 Å². The van der Waals surface area contributed by atoms with Gasteiger partial charge in [-0.2, -0.15) is 4.31 Å². The number of benzene rings is 1. The number of carboxylic acid groups (broad SMARTS) is 1. The Bertz CT molecular complexity index is 813. The summed E-state index contributed by atoms with van der Waals surface area (Å²) in [5.41, 5.74) is 0.237. The molecule has 21 heavy (non-hydrogen) atoms. The van der Waals surface area contributed by atoms with Crippen LogP contribution in [0.2, 0.25) is 0 Å². The van der Waals surface area contributed by atoms with E-state index in [9.17, 15) is 17.6 Å². The number of rotatable bonds is 3. The highest BCUT2D eigenvalue weighted by molar-refractivity contribution is 7.89. The van der Waals surface area contributed by atoms with Gasteiger partial charge in [0, 0.05) is 18.0 Å². The van der Waals surface area contributed by atoms with Crippen molar-refractivity contribution in [3.05, 3.63) is 30.1 Å². The van der Waals surface area contributed by atoms with Crippen molar-refractivity contribution in [1.29, 1.82) is 0 Å². The second kappa shape index (κ2) is 4.81. The van der Waals surface area contributed by atoms with E-state index >= 15 is 0 Å². The number of carbonyl (C=O) groups is 1. The Hall–Kier alpha value is -1.93. The van der Waals surface area contributed by atoms with Crippen molar-refractivity contribution in [3.63, 3.8) is 0 Å². The van der Waals surface area contributed by atoms with Gasteiger partial charge >= 0.3 is 5.97 Å². The highest BCUT2D eigenvalue weighted by Crippen LogP contribution is 2.30. The lowest BCUT2D eigenvalue weighted by atomic mass is 10.2. The molecule has 0 saturated carbocycles. The third kappa shape index (κ3) is 2.30. The highest BCUT2D eigenvalue weighted by atomic mass is 32.2. The van der Waals surface area contributed by atoms with Crippen LogP contribution in [0.15, 0.2) is 33.8 Å². The molecule has 1 atom stereocenters. The van der Waals surface area contributed by atoms with Crippen LogP contribution < -0.4 is 0 Å². The summed E-state index contributed by atoms with van der Waals surface area (Å²) in [6, 6.07) is 3.79. The molecule has 112 valence electrons. The zero-order valence-corrected chi connectivity index (χ0v) is 11.6. The molecule has 2 heterocycles. The molecule has 1 N–H and O–H groups in total. The van der Waals surface area contributed by atoms with Crippen molar-refractivity contribution in [2.24, 2.45) is 0 Å². The lowest BCUT2D eigenvalue weighted by Crippen LogP contribution is -2.40.